The molecule has 1 saturated carbocycles. The van der Waals surface area contributed by atoms with Gasteiger partial charge in [-0.05, 0) is 31.9 Å². The van der Waals surface area contributed by atoms with E-state index in [1.165, 1.54) is 0 Å². The number of hydrogen-bond donors (Lipinski definition) is 2. The topological polar surface area (TPSA) is 69.6 Å². The van der Waals surface area contributed by atoms with Gasteiger partial charge >= 0.3 is 12.0 Å². The number of thioether (sulfide) groups is 1. The van der Waals surface area contributed by atoms with E-state index in [2.05, 4.69) is 5.32 Å². The molecule has 5 nitrogen and oxygen atoms in total. The molecule has 0 bridgehead atoms. The van der Waals surface area contributed by atoms with Crippen LogP contribution in [0.25, 0.3) is 0 Å². The fraction of sp³-hybridized carbons (Fsp3) is 0.846. The van der Waals surface area contributed by atoms with E-state index in [0.29, 0.717) is 6.42 Å². The van der Waals surface area contributed by atoms with Crippen LogP contribution < -0.4 is 5.32 Å². The van der Waals surface area contributed by atoms with Crippen LogP contribution in [0.15, 0.2) is 0 Å². The van der Waals surface area contributed by atoms with Crippen LogP contribution >= 0.6 is 11.8 Å². The Labute approximate surface area is 118 Å². The van der Waals surface area contributed by atoms with Crippen molar-refractivity contribution in [3.8, 4) is 0 Å². The number of aliphatic carboxylic acids is 1. The summed E-state index contributed by atoms with van der Waals surface area (Å²) in [6.07, 6.45) is 3.27. The van der Waals surface area contributed by atoms with Gasteiger partial charge in [-0.25, -0.2) is 4.79 Å². The predicted molar refractivity (Wildman–Crippen MR) is 75.4 cm³/mol. The molecule has 0 aromatic rings. The first-order valence-electron chi connectivity index (χ1n) is 6.79. The fourth-order valence-corrected chi connectivity index (χ4v) is 4.17. The fourth-order valence-electron chi connectivity index (χ4n) is 2.90. The Bertz CT molecular complexity index is 371. The number of nitrogens with one attached hydrogen (secondary N) is 1. The number of carboxylic acid groups (broad SMARTS) is 1. The molecule has 3 unspecified atom stereocenters. The molecule has 0 radical (unpaired) electrons. The van der Waals surface area contributed by atoms with Crippen LogP contribution in [0.4, 0.5) is 4.79 Å². The Morgan fingerprint density at radius 3 is 2.74 bits per heavy atom. The maximum Gasteiger partial charge on any atom is 0.317 e. The van der Waals surface area contributed by atoms with E-state index in [9.17, 15) is 14.7 Å². The molecule has 2 rings (SSSR count). The number of carbonyl (C=O) groups excluding carboxylic acids is 1. The average Bonchev–Trinajstić information content (AvgIpc) is 2.99. The highest BCUT2D eigenvalue weighted by atomic mass is 32.2. The molecule has 19 heavy (non-hydrogen) atoms. The molecule has 1 heterocycles. The van der Waals surface area contributed by atoms with Crippen LogP contribution in [-0.4, -0.2) is 52.6 Å². The Balaban J connectivity index is 1.96. The molecule has 6 heteroatoms. The molecular weight excluding hydrogens is 264 g/mol. The van der Waals surface area contributed by atoms with Gasteiger partial charge in [0.1, 0.15) is 0 Å². The van der Waals surface area contributed by atoms with Crippen molar-refractivity contribution in [3.63, 3.8) is 0 Å². The average molecular weight is 286 g/mol. The summed E-state index contributed by atoms with van der Waals surface area (Å²) in [6, 6.07) is -0.108. The van der Waals surface area contributed by atoms with Crippen molar-refractivity contribution in [3.05, 3.63) is 0 Å². The second kappa shape index (κ2) is 5.61. The van der Waals surface area contributed by atoms with Gasteiger partial charge in [0.25, 0.3) is 0 Å². The molecule has 108 valence electrons. The van der Waals surface area contributed by atoms with E-state index in [1.807, 2.05) is 11.8 Å². The van der Waals surface area contributed by atoms with Gasteiger partial charge in [-0.1, -0.05) is 6.42 Å². The molecule has 0 aromatic heterocycles. The van der Waals surface area contributed by atoms with Gasteiger partial charge in [-0.15, -0.1) is 0 Å². The number of nitrogens with zero attached hydrogens (tertiary/aromatic N) is 1. The minimum absolute atomic E-state index is 0.133. The summed E-state index contributed by atoms with van der Waals surface area (Å²) < 4.78 is 0. The van der Waals surface area contributed by atoms with Crippen molar-refractivity contribution in [1.29, 1.82) is 0 Å². The predicted octanol–water partition coefficient (Wildman–Crippen LogP) is 1.78. The minimum Gasteiger partial charge on any atom is -0.481 e. The molecule has 2 fully saturated rings. The Morgan fingerprint density at radius 1 is 1.42 bits per heavy atom. The van der Waals surface area contributed by atoms with E-state index in [4.69, 9.17) is 0 Å². The van der Waals surface area contributed by atoms with Crippen LogP contribution in [0.3, 0.4) is 0 Å². The van der Waals surface area contributed by atoms with Gasteiger partial charge in [0, 0.05) is 24.9 Å². The van der Waals surface area contributed by atoms with Crippen LogP contribution in [0.5, 0.6) is 0 Å². The summed E-state index contributed by atoms with van der Waals surface area (Å²) in [5.41, 5.74) is -0.819. The van der Waals surface area contributed by atoms with Gasteiger partial charge in [-0.3, -0.25) is 4.79 Å². The SMILES string of the molecule is CN(C(=O)NC1CCCC1(C)C(=O)O)C1CCSC1. The summed E-state index contributed by atoms with van der Waals surface area (Å²) in [6.45, 7) is 1.73. The number of hydrogen-bond acceptors (Lipinski definition) is 3. The highest BCUT2D eigenvalue weighted by molar-refractivity contribution is 7.99. The number of carbonyl (C=O) groups is 2. The van der Waals surface area contributed by atoms with Crippen molar-refractivity contribution in [2.24, 2.45) is 5.41 Å². The maximum atomic E-state index is 12.2. The highest BCUT2D eigenvalue weighted by Crippen LogP contribution is 2.38. The first-order chi connectivity index (χ1) is 8.95. The molecule has 2 aliphatic rings. The van der Waals surface area contributed by atoms with E-state index >= 15 is 0 Å². The molecule has 1 aliphatic heterocycles. The summed E-state index contributed by atoms with van der Waals surface area (Å²) in [5.74, 6) is 1.26. The second-order valence-electron chi connectivity index (χ2n) is 5.75. The Kier molecular flexibility index (Phi) is 4.28. The lowest BCUT2D eigenvalue weighted by Gasteiger charge is -2.31. The minimum atomic E-state index is -0.819. The van der Waals surface area contributed by atoms with Gasteiger partial charge in [-0.2, -0.15) is 11.8 Å². The first kappa shape index (κ1) is 14.5. The van der Waals surface area contributed by atoms with E-state index in [-0.39, 0.29) is 18.1 Å². The van der Waals surface area contributed by atoms with Crippen molar-refractivity contribution in [1.82, 2.24) is 10.2 Å². The standard InChI is InChI=1S/C13H22N2O3S/c1-13(11(16)17)6-3-4-10(13)14-12(18)15(2)9-5-7-19-8-9/h9-10H,3-8H2,1-2H3,(H,14,18)(H,16,17). The zero-order valence-corrected chi connectivity index (χ0v) is 12.3. The molecule has 0 aromatic carbocycles. The highest BCUT2D eigenvalue weighted by Gasteiger charge is 2.46. The van der Waals surface area contributed by atoms with E-state index in [1.54, 1.807) is 18.9 Å². The van der Waals surface area contributed by atoms with Gasteiger partial charge in [0.15, 0.2) is 0 Å². The van der Waals surface area contributed by atoms with E-state index in [0.717, 1.165) is 30.8 Å². The third kappa shape index (κ3) is 2.83. The lowest BCUT2D eigenvalue weighted by Crippen LogP contribution is -2.52. The summed E-state index contributed by atoms with van der Waals surface area (Å²) >= 11 is 1.86. The monoisotopic (exact) mass is 286 g/mol. The van der Waals surface area contributed by atoms with Crippen molar-refractivity contribution in [2.45, 2.75) is 44.7 Å². The smallest absolute Gasteiger partial charge is 0.317 e. The number of rotatable bonds is 3. The van der Waals surface area contributed by atoms with Gasteiger partial charge in [0.2, 0.25) is 0 Å². The zero-order chi connectivity index (χ0) is 14.0. The van der Waals surface area contributed by atoms with Crippen molar-refractivity contribution in [2.75, 3.05) is 18.6 Å². The number of amides is 2. The number of carboxylic acids is 1. The Morgan fingerprint density at radius 2 is 2.16 bits per heavy atom. The zero-order valence-electron chi connectivity index (χ0n) is 11.5. The third-order valence-corrected chi connectivity index (χ3v) is 5.66. The van der Waals surface area contributed by atoms with Crippen molar-refractivity contribution < 1.29 is 14.7 Å². The first-order valence-corrected chi connectivity index (χ1v) is 7.95. The van der Waals surface area contributed by atoms with Crippen LogP contribution in [0, 0.1) is 5.41 Å². The van der Waals surface area contributed by atoms with Crippen LogP contribution in [0.2, 0.25) is 0 Å². The summed E-state index contributed by atoms with van der Waals surface area (Å²) in [7, 11) is 1.80. The maximum absolute atomic E-state index is 12.2. The Hall–Kier alpha value is -0.910. The molecule has 3 atom stereocenters. The molecule has 0 spiro atoms. The molecule has 2 amide bonds. The molecule has 2 N–H and O–H groups in total. The molecule has 1 aliphatic carbocycles. The van der Waals surface area contributed by atoms with E-state index < -0.39 is 11.4 Å². The number of urea groups is 1. The van der Waals surface area contributed by atoms with Gasteiger partial charge < -0.3 is 15.3 Å². The van der Waals surface area contributed by atoms with Crippen LogP contribution in [0.1, 0.15) is 32.6 Å². The van der Waals surface area contributed by atoms with Gasteiger partial charge in [0.05, 0.1) is 5.41 Å². The van der Waals surface area contributed by atoms with Crippen LogP contribution in [-0.2, 0) is 4.79 Å². The quantitative estimate of drug-likeness (QED) is 0.829. The second-order valence-corrected chi connectivity index (χ2v) is 6.90. The summed E-state index contributed by atoms with van der Waals surface area (Å²) in [5, 5.41) is 12.3. The molecular formula is C13H22N2O3S. The normalized spacial score (nSPS) is 34.2. The third-order valence-electron chi connectivity index (χ3n) is 4.52. The van der Waals surface area contributed by atoms with Crippen molar-refractivity contribution >= 4 is 23.8 Å². The largest absolute Gasteiger partial charge is 0.481 e. The molecule has 1 saturated heterocycles. The summed E-state index contributed by atoms with van der Waals surface area (Å²) in [4.78, 5) is 25.3. The lowest BCUT2D eigenvalue weighted by molar-refractivity contribution is -0.148. The lowest BCUT2D eigenvalue weighted by atomic mass is 9.85.